The standard InChI is InChI=1S/C14H21BrN2/c1-2-13(16)9-11-5-6-12(15)10-14(11)17-7-3-4-8-17/h5-6,10,13H,2-4,7-9,16H2,1H3. The molecular weight excluding hydrogens is 276 g/mol. The van der Waals surface area contributed by atoms with E-state index in [1.807, 2.05) is 0 Å². The third-order valence-electron chi connectivity index (χ3n) is 3.50. The molecule has 0 bridgehead atoms. The maximum Gasteiger partial charge on any atom is 0.0410 e. The van der Waals surface area contributed by atoms with Crippen molar-refractivity contribution in [1.82, 2.24) is 0 Å². The van der Waals surface area contributed by atoms with Crippen molar-refractivity contribution in [3.63, 3.8) is 0 Å². The zero-order valence-corrected chi connectivity index (χ0v) is 12.0. The lowest BCUT2D eigenvalue weighted by molar-refractivity contribution is 0.645. The van der Waals surface area contributed by atoms with Gasteiger partial charge in [0.25, 0.3) is 0 Å². The lowest BCUT2D eigenvalue weighted by Crippen LogP contribution is -2.24. The first kappa shape index (κ1) is 12.9. The van der Waals surface area contributed by atoms with Gasteiger partial charge >= 0.3 is 0 Å². The molecule has 0 aliphatic carbocycles. The molecule has 1 fully saturated rings. The van der Waals surface area contributed by atoms with Crippen LogP contribution < -0.4 is 10.6 Å². The molecule has 1 aromatic rings. The Balaban J connectivity index is 2.23. The van der Waals surface area contributed by atoms with Crippen molar-refractivity contribution in [1.29, 1.82) is 0 Å². The van der Waals surface area contributed by atoms with Crippen LogP contribution in [0.5, 0.6) is 0 Å². The van der Waals surface area contributed by atoms with Gasteiger partial charge in [0.1, 0.15) is 0 Å². The highest BCUT2D eigenvalue weighted by Gasteiger charge is 2.16. The van der Waals surface area contributed by atoms with Crippen molar-refractivity contribution in [2.24, 2.45) is 5.73 Å². The summed E-state index contributed by atoms with van der Waals surface area (Å²) >= 11 is 3.57. The van der Waals surface area contributed by atoms with Crippen molar-refractivity contribution < 1.29 is 0 Å². The molecule has 0 spiro atoms. The van der Waals surface area contributed by atoms with Gasteiger partial charge in [0.2, 0.25) is 0 Å². The van der Waals surface area contributed by atoms with E-state index >= 15 is 0 Å². The predicted octanol–water partition coefficient (Wildman–Crippen LogP) is 3.33. The zero-order chi connectivity index (χ0) is 12.3. The minimum Gasteiger partial charge on any atom is -0.371 e. The first-order chi connectivity index (χ1) is 8.20. The summed E-state index contributed by atoms with van der Waals surface area (Å²) in [6.45, 7) is 4.52. The Morgan fingerprint density at radius 3 is 2.71 bits per heavy atom. The van der Waals surface area contributed by atoms with E-state index in [0.29, 0.717) is 0 Å². The number of halogens is 1. The third-order valence-corrected chi connectivity index (χ3v) is 3.99. The summed E-state index contributed by atoms with van der Waals surface area (Å²) in [4.78, 5) is 2.49. The van der Waals surface area contributed by atoms with Gasteiger partial charge in [-0.2, -0.15) is 0 Å². The molecule has 3 heteroatoms. The smallest absolute Gasteiger partial charge is 0.0410 e. The van der Waals surface area contributed by atoms with Crippen molar-refractivity contribution >= 4 is 21.6 Å². The zero-order valence-electron chi connectivity index (χ0n) is 10.5. The van der Waals surface area contributed by atoms with Crippen LogP contribution in [0, 0.1) is 0 Å². The highest BCUT2D eigenvalue weighted by molar-refractivity contribution is 9.10. The second kappa shape index (κ2) is 5.87. The first-order valence-electron chi connectivity index (χ1n) is 6.49. The van der Waals surface area contributed by atoms with Crippen LogP contribution in [0.2, 0.25) is 0 Å². The summed E-state index contributed by atoms with van der Waals surface area (Å²) in [5.74, 6) is 0. The van der Waals surface area contributed by atoms with Crippen LogP contribution in [-0.4, -0.2) is 19.1 Å². The molecular formula is C14H21BrN2. The van der Waals surface area contributed by atoms with E-state index in [0.717, 1.165) is 17.3 Å². The van der Waals surface area contributed by atoms with E-state index in [4.69, 9.17) is 5.73 Å². The number of nitrogens with two attached hydrogens (primary N) is 1. The maximum absolute atomic E-state index is 6.08. The normalized spacial score (nSPS) is 17.5. The summed E-state index contributed by atoms with van der Waals surface area (Å²) in [5, 5.41) is 0. The van der Waals surface area contributed by atoms with Crippen LogP contribution in [0.25, 0.3) is 0 Å². The van der Waals surface area contributed by atoms with Gasteiger partial charge in [-0.1, -0.05) is 28.9 Å². The topological polar surface area (TPSA) is 29.3 Å². The SMILES string of the molecule is CCC(N)Cc1ccc(Br)cc1N1CCCC1. The van der Waals surface area contributed by atoms with Gasteiger partial charge in [0.05, 0.1) is 0 Å². The monoisotopic (exact) mass is 296 g/mol. The maximum atomic E-state index is 6.08. The fourth-order valence-electron chi connectivity index (χ4n) is 2.39. The van der Waals surface area contributed by atoms with Gasteiger partial charge in [0.15, 0.2) is 0 Å². The minimum atomic E-state index is 0.275. The quantitative estimate of drug-likeness (QED) is 0.923. The molecule has 1 heterocycles. The number of benzene rings is 1. The van der Waals surface area contributed by atoms with Gasteiger partial charge in [-0.3, -0.25) is 0 Å². The molecule has 0 amide bonds. The second-order valence-corrected chi connectivity index (χ2v) is 5.76. The number of hydrogen-bond donors (Lipinski definition) is 1. The molecule has 2 N–H and O–H groups in total. The molecule has 2 nitrogen and oxygen atoms in total. The van der Waals surface area contributed by atoms with Gasteiger partial charge in [-0.15, -0.1) is 0 Å². The molecule has 1 saturated heterocycles. The highest BCUT2D eigenvalue weighted by Crippen LogP contribution is 2.29. The Morgan fingerprint density at radius 1 is 1.35 bits per heavy atom. The summed E-state index contributed by atoms with van der Waals surface area (Å²) < 4.78 is 1.16. The second-order valence-electron chi connectivity index (χ2n) is 4.84. The molecule has 17 heavy (non-hydrogen) atoms. The molecule has 0 saturated carbocycles. The number of hydrogen-bond acceptors (Lipinski definition) is 2. The molecule has 94 valence electrons. The Labute approximate surface area is 112 Å². The van der Waals surface area contributed by atoms with Crippen LogP contribution in [0.3, 0.4) is 0 Å². The van der Waals surface area contributed by atoms with Crippen molar-refractivity contribution in [3.05, 3.63) is 28.2 Å². The minimum absolute atomic E-state index is 0.275. The Morgan fingerprint density at radius 2 is 2.06 bits per heavy atom. The molecule has 1 atom stereocenters. The number of anilines is 1. The Hall–Kier alpha value is -0.540. The molecule has 1 aromatic carbocycles. The summed E-state index contributed by atoms with van der Waals surface area (Å²) in [6, 6.07) is 6.85. The van der Waals surface area contributed by atoms with Gasteiger partial charge in [0, 0.05) is 29.3 Å². The van der Waals surface area contributed by atoms with Crippen LogP contribution in [0.1, 0.15) is 31.7 Å². The van der Waals surface area contributed by atoms with Gasteiger partial charge < -0.3 is 10.6 Å². The number of rotatable bonds is 4. The first-order valence-corrected chi connectivity index (χ1v) is 7.29. The average molecular weight is 297 g/mol. The molecule has 1 aliphatic rings. The average Bonchev–Trinajstić information content (AvgIpc) is 2.84. The predicted molar refractivity (Wildman–Crippen MR) is 77.6 cm³/mol. The fourth-order valence-corrected chi connectivity index (χ4v) is 2.74. The van der Waals surface area contributed by atoms with Crippen molar-refractivity contribution in [2.75, 3.05) is 18.0 Å². The van der Waals surface area contributed by atoms with Crippen LogP contribution in [0.4, 0.5) is 5.69 Å². The Bertz CT molecular complexity index is 372. The van der Waals surface area contributed by atoms with E-state index in [2.05, 4.69) is 46.0 Å². The molecule has 1 aliphatic heterocycles. The molecule has 2 rings (SSSR count). The van der Waals surface area contributed by atoms with Crippen LogP contribution in [0.15, 0.2) is 22.7 Å². The summed E-state index contributed by atoms with van der Waals surface area (Å²) in [7, 11) is 0. The van der Waals surface area contributed by atoms with E-state index in [-0.39, 0.29) is 6.04 Å². The molecule has 0 aromatic heterocycles. The summed E-state index contributed by atoms with van der Waals surface area (Å²) in [6.07, 6.45) is 4.64. The van der Waals surface area contributed by atoms with E-state index in [1.165, 1.54) is 37.2 Å². The van der Waals surface area contributed by atoms with E-state index < -0.39 is 0 Å². The summed E-state index contributed by atoms with van der Waals surface area (Å²) in [5.41, 5.74) is 8.85. The van der Waals surface area contributed by atoms with Crippen LogP contribution >= 0.6 is 15.9 Å². The van der Waals surface area contributed by atoms with Gasteiger partial charge in [-0.25, -0.2) is 0 Å². The van der Waals surface area contributed by atoms with Gasteiger partial charge in [-0.05, 0) is 43.4 Å². The van der Waals surface area contributed by atoms with Crippen molar-refractivity contribution in [2.45, 2.75) is 38.6 Å². The third kappa shape index (κ3) is 3.23. The largest absolute Gasteiger partial charge is 0.371 e. The molecule has 0 radical (unpaired) electrons. The molecule has 1 unspecified atom stereocenters. The van der Waals surface area contributed by atoms with E-state index in [9.17, 15) is 0 Å². The van der Waals surface area contributed by atoms with Crippen molar-refractivity contribution in [3.8, 4) is 0 Å². The Kier molecular flexibility index (Phi) is 4.46. The van der Waals surface area contributed by atoms with E-state index in [1.54, 1.807) is 0 Å². The van der Waals surface area contributed by atoms with Crippen LogP contribution in [-0.2, 0) is 6.42 Å². The lowest BCUT2D eigenvalue weighted by Gasteiger charge is -2.23. The number of nitrogens with zero attached hydrogens (tertiary/aromatic N) is 1. The highest BCUT2D eigenvalue weighted by atomic mass is 79.9. The lowest BCUT2D eigenvalue weighted by atomic mass is 10.0. The fraction of sp³-hybridized carbons (Fsp3) is 0.571.